The molecule has 0 amide bonds. The average molecular weight is 434 g/mol. The van der Waals surface area contributed by atoms with Gasteiger partial charge in [0.2, 0.25) is 0 Å². The van der Waals surface area contributed by atoms with Gasteiger partial charge in [0.1, 0.15) is 0 Å². The number of nitrogens with one attached hydrogen (secondary N) is 2. The molecule has 1 aromatic heterocycles. The van der Waals surface area contributed by atoms with Gasteiger partial charge in [-0.05, 0) is 50.1 Å². The van der Waals surface area contributed by atoms with Crippen LogP contribution in [0, 0.1) is 0 Å². The Kier molecular flexibility index (Phi) is 6.95. The Hall–Kier alpha value is -0.340. The first-order valence-corrected chi connectivity index (χ1v) is 8.98. The Labute approximate surface area is 154 Å². The van der Waals surface area contributed by atoms with Gasteiger partial charge >= 0.3 is 0 Å². The SMILES string of the molecule is CCNC(=NCC(C)N1CCc2sccc2C1)NC1CC1.I. The topological polar surface area (TPSA) is 39.7 Å². The molecule has 1 saturated carbocycles. The van der Waals surface area contributed by atoms with Crippen LogP contribution < -0.4 is 10.6 Å². The van der Waals surface area contributed by atoms with Crippen molar-refractivity contribution in [1.82, 2.24) is 15.5 Å². The van der Waals surface area contributed by atoms with E-state index in [2.05, 4.69) is 40.8 Å². The Morgan fingerprint density at radius 3 is 3.05 bits per heavy atom. The average Bonchev–Trinajstić information content (AvgIpc) is 3.18. The van der Waals surface area contributed by atoms with Crippen LogP contribution in [0.4, 0.5) is 0 Å². The van der Waals surface area contributed by atoms with Crippen molar-refractivity contribution < 1.29 is 0 Å². The summed E-state index contributed by atoms with van der Waals surface area (Å²) in [5.74, 6) is 0.986. The minimum Gasteiger partial charge on any atom is -0.357 e. The summed E-state index contributed by atoms with van der Waals surface area (Å²) in [4.78, 5) is 8.90. The van der Waals surface area contributed by atoms with Crippen molar-refractivity contribution in [3.63, 3.8) is 0 Å². The Morgan fingerprint density at radius 2 is 2.32 bits per heavy atom. The fourth-order valence-electron chi connectivity index (χ4n) is 2.73. The summed E-state index contributed by atoms with van der Waals surface area (Å²) in [5, 5.41) is 9.05. The van der Waals surface area contributed by atoms with E-state index < -0.39 is 0 Å². The molecule has 1 aromatic rings. The first-order chi connectivity index (χ1) is 10.3. The van der Waals surface area contributed by atoms with Gasteiger partial charge in [0.15, 0.2) is 5.96 Å². The Bertz CT molecular complexity index is 498. The van der Waals surface area contributed by atoms with Gasteiger partial charge in [-0.2, -0.15) is 0 Å². The zero-order chi connectivity index (χ0) is 14.7. The van der Waals surface area contributed by atoms with Crippen molar-refractivity contribution in [3.8, 4) is 0 Å². The van der Waals surface area contributed by atoms with E-state index in [4.69, 9.17) is 4.99 Å². The molecule has 1 aliphatic heterocycles. The van der Waals surface area contributed by atoms with Gasteiger partial charge in [-0.25, -0.2) is 0 Å². The van der Waals surface area contributed by atoms with Crippen LogP contribution >= 0.6 is 35.3 Å². The zero-order valence-electron chi connectivity index (χ0n) is 13.5. The van der Waals surface area contributed by atoms with Crippen molar-refractivity contribution in [1.29, 1.82) is 0 Å². The summed E-state index contributed by atoms with van der Waals surface area (Å²) in [5.41, 5.74) is 1.52. The highest BCUT2D eigenvalue weighted by Gasteiger charge is 2.23. The van der Waals surface area contributed by atoms with Crippen LogP contribution in [-0.4, -0.2) is 42.6 Å². The van der Waals surface area contributed by atoms with Crippen LogP contribution in [0.15, 0.2) is 16.4 Å². The van der Waals surface area contributed by atoms with Crippen LogP contribution in [0.3, 0.4) is 0 Å². The van der Waals surface area contributed by atoms with E-state index in [0.29, 0.717) is 12.1 Å². The number of nitrogens with zero attached hydrogens (tertiary/aromatic N) is 2. The Balaban J connectivity index is 0.00000176. The normalized spacial score (nSPS) is 20.0. The maximum absolute atomic E-state index is 4.77. The highest BCUT2D eigenvalue weighted by Crippen LogP contribution is 2.25. The quantitative estimate of drug-likeness (QED) is 0.426. The molecule has 1 unspecified atom stereocenters. The molecule has 3 rings (SSSR count). The van der Waals surface area contributed by atoms with Crippen LogP contribution in [0.5, 0.6) is 0 Å². The summed E-state index contributed by atoms with van der Waals surface area (Å²) in [6.07, 6.45) is 3.77. The Morgan fingerprint density at radius 1 is 1.50 bits per heavy atom. The second kappa shape index (κ2) is 8.49. The highest BCUT2D eigenvalue weighted by molar-refractivity contribution is 14.0. The number of thiophene rings is 1. The number of fused-ring (bicyclic) bond motifs is 1. The van der Waals surface area contributed by atoms with Crippen molar-refractivity contribution in [3.05, 3.63) is 21.9 Å². The van der Waals surface area contributed by atoms with Crippen molar-refractivity contribution >= 4 is 41.3 Å². The number of hydrogen-bond acceptors (Lipinski definition) is 3. The number of rotatable bonds is 5. The third-order valence-corrected chi connectivity index (χ3v) is 5.26. The largest absolute Gasteiger partial charge is 0.357 e. The molecule has 124 valence electrons. The van der Waals surface area contributed by atoms with Crippen molar-refractivity contribution in [2.45, 2.75) is 51.7 Å². The number of guanidine groups is 1. The molecular weight excluding hydrogens is 407 g/mol. The lowest BCUT2D eigenvalue weighted by Gasteiger charge is -2.31. The van der Waals surface area contributed by atoms with E-state index in [0.717, 1.165) is 32.1 Å². The van der Waals surface area contributed by atoms with E-state index in [1.54, 1.807) is 4.88 Å². The third kappa shape index (κ3) is 4.83. The molecule has 0 spiro atoms. The van der Waals surface area contributed by atoms with Crippen molar-refractivity contribution in [2.75, 3.05) is 19.6 Å². The van der Waals surface area contributed by atoms with Crippen LogP contribution in [0.1, 0.15) is 37.1 Å². The highest BCUT2D eigenvalue weighted by atomic mass is 127. The minimum atomic E-state index is 0. The third-order valence-electron chi connectivity index (χ3n) is 4.24. The molecule has 1 fully saturated rings. The first kappa shape index (κ1) is 18.0. The second-order valence-corrected chi connectivity index (χ2v) is 7.08. The van der Waals surface area contributed by atoms with E-state index in [1.165, 1.54) is 24.8 Å². The van der Waals surface area contributed by atoms with E-state index in [1.807, 2.05) is 11.3 Å². The summed E-state index contributed by atoms with van der Waals surface area (Å²) in [6.45, 7) is 8.45. The predicted molar refractivity (Wildman–Crippen MR) is 105 cm³/mol. The molecule has 1 atom stereocenters. The van der Waals surface area contributed by atoms with Gasteiger partial charge in [0.05, 0.1) is 6.54 Å². The summed E-state index contributed by atoms with van der Waals surface area (Å²) >= 11 is 1.90. The number of aliphatic imine (C=N–C) groups is 1. The molecule has 0 aromatic carbocycles. The van der Waals surface area contributed by atoms with Gasteiger partial charge in [0.25, 0.3) is 0 Å². The van der Waals surface area contributed by atoms with E-state index in [9.17, 15) is 0 Å². The molecule has 22 heavy (non-hydrogen) atoms. The maximum Gasteiger partial charge on any atom is 0.191 e. The van der Waals surface area contributed by atoms with E-state index in [-0.39, 0.29) is 24.0 Å². The second-order valence-electron chi connectivity index (χ2n) is 6.08. The molecule has 4 nitrogen and oxygen atoms in total. The number of hydrogen-bond donors (Lipinski definition) is 2. The van der Waals surface area contributed by atoms with E-state index >= 15 is 0 Å². The fourth-order valence-corrected chi connectivity index (χ4v) is 3.62. The summed E-state index contributed by atoms with van der Waals surface area (Å²) < 4.78 is 0. The fraction of sp³-hybridized carbons (Fsp3) is 0.688. The summed E-state index contributed by atoms with van der Waals surface area (Å²) in [6, 6.07) is 3.43. The monoisotopic (exact) mass is 434 g/mol. The van der Waals surface area contributed by atoms with Crippen molar-refractivity contribution in [2.24, 2.45) is 4.99 Å². The maximum atomic E-state index is 4.77. The summed E-state index contributed by atoms with van der Waals surface area (Å²) in [7, 11) is 0. The van der Waals surface area contributed by atoms with Crippen LogP contribution in [0.25, 0.3) is 0 Å². The van der Waals surface area contributed by atoms with Gasteiger partial charge in [-0.15, -0.1) is 35.3 Å². The zero-order valence-corrected chi connectivity index (χ0v) is 16.6. The molecule has 0 saturated heterocycles. The molecule has 0 radical (unpaired) electrons. The molecule has 2 N–H and O–H groups in total. The molecule has 6 heteroatoms. The minimum absolute atomic E-state index is 0. The predicted octanol–water partition coefficient (Wildman–Crippen LogP) is 2.83. The van der Waals surface area contributed by atoms with Crippen LogP contribution in [0.2, 0.25) is 0 Å². The van der Waals surface area contributed by atoms with Crippen LogP contribution in [-0.2, 0) is 13.0 Å². The van der Waals surface area contributed by atoms with Gasteiger partial charge < -0.3 is 10.6 Å². The lowest BCUT2D eigenvalue weighted by Crippen LogP contribution is -2.42. The lowest BCUT2D eigenvalue weighted by atomic mass is 10.1. The van der Waals surface area contributed by atoms with Gasteiger partial charge in [-0.3, -0.25) is 9.89 Å². The molecular formula is C16H27IN4S. The lowest BCUT2D eigenvalue weighted by molar-refractivity contribution is 0.197. The first-order valence-electron chi connectivity index (χ1n) is 8.10. The molecule has 1 aliphatic carbocycles. The molecule has 2 heterocycles. The molecule has 0 bridgehead atoms. The standard InChI is InChI=1S/C16H26N4S.HI/c1-3-17-16(19-14-4-5-14)18-10-12(2)20-8-6-15-13(11-20)7-9-21-15;/h7,9,12,14H,3-6,8,10-11H2,1-2H3,(H2,17,18,19);1H. The van der Waals surface area contributed by atoms with Gasteiger partial charge in [0, 0.05) is 36.6 Å². The number of halogens is 1. The molecule has 2 aliphatic rings. The smallest absolute Gasteiger partial charge is 0.191 e. The van der Waals surface area contributed by atoms with Gasteiger partial charge in [-0.1, -0.05) is 0 Å².